The minimum atomic E-state index is -3.48. The molecule has 0 aromatic heterocycles. The van der Waals surface area contributed by atoms with Crippen molar-refractivity contribution in [3.05, 3.63) is 22.7 Å². The van der Waals surface area contributed by atoms with Crippen LogP contribution in [0.1, 0.15) is 6.42 Å². The second-order valence-electron chi connectivity index (χ2n) is 4.24. The molecule has 0 saturated heterocycles. The van der Waals surface area contributed by atoms with Gasteiger partial charge in [0.15, 0.2) is 0 Å². The molecule has 0 amide bonds. The summed E-state index contributed by atoms with van der Waals surface area (Å²) in [5, 5.41) is 0. The van der Waals surface area contributed by atoms with Gasteiger partial charge in [0.05, 0.1) is 4.90 Å². The fourth-order valence-corrected chi connectivity index (χ4v) is 3.58. The number of benzene rings is 1. The van der Waals surface area contributed by atoms with Crippen molar-refractivity contribution in [3.8, 4) is 0 Å². The predicted molar refractivity (Wildman–Crippen MR) is 76.9 cm³/mol. The maximum atomic E-state index is 12.0. The highest BCUT2D eigenvalue weighted by Crippen LogP contribution is 2.23. The first-order valence-corrected chi connectivity index (χ1v) is 7.80. The Kier molecular flexibility index (Phi) is 5.58. The van der Waals surface area contributed by atoms with Crippen molar-refractivity contribution in [2.24, 2.45) is 0 Å². The van der Waals surface area contributed by atoms with E-state index >= 15 is 0 Å². The van der Waals surface area contributed by atoms with Crippen molar-refractivity contribution in [2.45, 2.75) is 11.3 Å². The number of nitrogens with zero attached hydrogens (tertiary/aromatic N) is 1. The average molecular weight is 336 g/mol. The molecule has 3 N–H and O–H groups in total. The Morgan fingerprint density at radius 3 is 2.61 bits per heavy atom. The topological polar surface area (TPSA) is 75.4 Å². The Balaban J connectivity index is 2.69. The number of nitrogens with two attached hydrogens (primary N) is 1. The van der Waals surface area contributed by atoms with Gasteiger partial charge in [0, 0.05) is 16.7 Å². The monoisotopic (exact) mass is 335 g/mol. The summed E-state index contributed by atoms with van der Waals surface area (Å²) in [4.78, 5) is 2.22. The quantitative estimate of drug-likeness (QED) is 0.606. The Morgan fingerprint density at radius 2 is 2.06 bits per heavy atom. The van der Waals surface area contributed by atoms with E-state index < -0.39 is 10.0 Å². The van der Waals surface area contributed by atoms with Crippen molar-refractivity contribution < 1.29 is 8.42 Å². The van der Waals surface area contributed by atoms with Gasteiger partial charge in [-0.3, -0.25) is 0 Å². The molecule has 0 aliphatic rings. The third-order valence-electron chi connectivity index (χ3n) is 2.32. The Morgan fingerprint density at radius 1 is 1.39 bits per heavy atom. The van der Waals surface area contributed by atoms with E-state index in [2.05, 4.69) is 20.7 Å². The molecular formula is C11H18BrN3O2S. The van der Waals surface area contributed by atoms with E-state index in [0.29, 0.717) is 16.7 Å². The molecule has 1 rings (SSSR count). The van der Waals surface area contributed by atoms with Gasteiger partial charge in [0.25, 0.3) is 0 Å². The molecule has 0 unspecified atom stereocenters. The zero-order valence-corrected chi connectivity index (χ0v) is 12.9. The van der Waals surface area contributed by atoms with Gasteiger partial charge in [-0.1, -0.05) is 0 Å². The molecule has 0 atom stereocenters. The van der Waals surface area contributed by atoms with Crippen LogP contribution in [0.5, 0.6) is 0 Å². The lowest BCUT2D eigenvalue weighted by molar-refractivity contribution is 0.400. The van der Waals surface area contributed by atoms with Gasteiger partial charge in [0.1, 0.15) is 0 Å². The van der Waals surface area contributed by atoms with Gasteiger partial charge in [-0.05, 0) is 61.2 Å². The summed E-state index contributed by atoms with van der Waals surface area (Å²) >= 11 is 3.21. The highest BCUT2D eigenvalue weighted by molar-refractivity contribution is 9.10. The molecular weight excluding hydrogens is 318 g/mol. The Labute approximate surface area is 117 Å². The fraction of sp³-hybridized carbons (Fsp3) is 0.455. The Bertz CT molecular complexity index is 503. The average Bonchev–Trinajstić information content (AvgIpc) is 2.23. The van der Waals surface area contributed by atoms with Crippen LogP contribution < -0.4 is 10.5 Å². The summed E-state index contributed by atoms with van der Waals surface area (Å²) in [6.07, 6.45) is 0.763. The predicted octanol–water partition coefficient (Wildman–Crippen LogP) is 1.26. The second-order valence-corrected chi connectivity index (χ2v) is 6.83. The molecule has 0 aliphatic heterocycles. The van der Waals surface area contributed by atoms with Gasteiger partial charge in [-0.15, -0.1) is 0 Å². The molecule has 0 spiro atoms. The lowest BCUT2D eigenvalue weighted by Crippen LogP contribution is -2.27. The zero-order chi connectivity index (χ0) is 13.8. The summed E-state index contributed by atoms with van der Waals surface area (Å²) in [5.41, 5.74) is 6.10. The molecule has 0 radical (unpaired) electrons. The lowest BCUT2D eigenvalue weighted by Gasteiger charge is -2.11. The number of anilines is 1. The number of nitrogen functional groups attached to an aromatic ring is 1. The van der Waals surface area contributed by atoms with Crippen LogP contribution in [0.25, 0.3) is 0 Å². The zero-order valence-electron chi connectivity index (χ0n) is 10.5. The highest BCUT2D eigenvalue weighted by Gasteiger charge is 2.16. The number of rotatable bonds is 6. The van der Waals surface area contributed by atoms with Crippen molar-refractivity contribution >= 4 is 31.6 Å². The molecule has 0 heterocycles. The smallest absolute Gasteiger partial charge is 0.241 e. The maximum Gasteiger partial charge on any atom is 0.241 e. The van der Waals surface area contributed by atoms with Crippen LogP contribution in [0.2, 0.25) is 0 Å². The summed E-state index contributed by atoms with van der Waals surface area (Å²) in [6, 6.07) is 4.64. The van der Waals surface area contributed by atoms with E-state index in [0.717, 1.165) is 13.0 Å². The van der Waals surface area contributed by atoms with Crippen molar-refractivity contribution in [1.29, 1.82) is 0 Å². The molecule has 0 fully saturated rings. The van der Waals surface area contributed by atoms with Crippen molar-refractivity contribution in [3.63, 3.8) is 0 Å². The molecule has 0 aliphatic carbocycles. The first-order valence-electron chi connectivity index (χ1n) is 5.52. The summed E-state index contributed by atoms with van der Waals surface area (Å²) < 4.78 is 27.1. The van der Waals surface area contributed by atoms with Gasteiger partial charge in [-0.25, -0.2) is 13.1 Å². The fourth-order valence-electron chi connectivity index (χ4n) is 1.41. The van der Waals surface area contributed by atoms with Crippen LogP contribution in [0, 0.1) is 0 Å². The van der Waals surface area contributed by atoms with Gasteiger partial charge in [-0.2, -0.15) is 0 Å². The first kappa shape index (κ1) is 15.4. The highest BCUT2D eigenvalue weighted by atomic mass is 79.9. The normalized spacial score (nSPS) is 12.0. The van der Waals surface area contributed by atoms with Crippen LogP contribution >= 0.6 is 15.9 Å². The molecule has 1 aromatic carbocycles. The van der Waals surface area contributed by atoms with E-state index in [4.69, 9.17) is 5.73 Å². The van der Waals surface area contributed by atoms with Crippen LogP contribution in [0.4, 0.5) is 5.69 Å². The number of hydrogen-bond acceptors (Lipinski definition) is 4. The van der Waals surface area contributed by atoms with E-state index in [9.17, 15) is 8.42 Å². The molecule has 0 bridgehead atoms. The number of sulfonamides is 1. The standard InChI is InChI=1S/C11H18BrN3O2S/c1-15(2)7-3-6-14-18(16,17)11-5-4-9(13)8-10(11)12/h4-5,8,14H,3,6-7,13H2,1-2H3. The summed E-state index contributed by atoms with van der Waals surface area (Å²) in [5.74, 6) is 0. The Hall–Kier alpha value is -0.630. The van der Waals surface area contributed by atoms with E-state index in [-0.39, 0.29) is 4.90 Å². The minimum Gasteiger partial charge on any atom is -0.399 e. The van der Waals surface area contributed by atoms with Gasteiger partial charge >= 0.3 is 0 Å². The molecule has 7 heteroatoms. The van der Waals surface area contributed by atoms with Crippen LogP contribution in [-0.2, 0) is 10.0 Å². The van der Waals surface area contributed by atoms with E-state index in [1.54, 1.807) is 12.1 Å². The number of hydrogen-bond donors (Lipinski definition) is 2. The van der Waals surface area contributed by atoms with Crippen molar-refractivity contribution in [1.82, 2.24) is 9.62 Å². The van der Waals surface area contributed by atoms with Crippen molar-refractivity contribution in [2.75, 3.05) is 32.9 Å². The molecule has 5 nitrogen and oxygen atoms in total. The SMILES string of the molecule is CN(C)CCCNS(=O)(=O)c1ccc(N)cc1Br. The van der Waals surface area contributed by atoms with Crippen LogP contribution in [-0.4, -0.2) is 40.5 Å². The largest absolute Gasteiger partial charge is 0.399 e. The third-order valence-corrected chi connectivity index (χ3v) is 4.76. The number of halogens is 1. The van der Waals surface area contributed by atoms with Crippen LogP contribution in [0.3, 0.4) is 0 Å². The molecule has 0 saturated carbocycles. The minimum absolute atomic E-state index is 0.210. The molecule has 102 valence electrons. The number of nitrogens with one attached hydrogen (secondary N) is 1. The van der Waals surface area contributed by atoms with Crippen LogP contribution in [0.15, 0.2) is 27.6 Å². The lowest BCUT2D eigenvalue weighted by atomic mass is 10.3. The first-order chi connectivity index (χ1) is 8.33. The second kappa shape index (κ2) is 6.51. The molecule has 1 aromatic rings. The maximum absolute atomic E-state index is 12.0. The summed E-state index contributed by atoms with van der Waals surface area (Å²) in [7, 11) is 0.422. The third kappa shape index (κ3) is 4.56. The summed E-state index contributed by atoms with van der Waals surface area (Å²) in [6.45, 7) is 1.25. The van der Waals surface area contributed by atoms with E-state index in [1.807, 2.05) is 19.0 Å². The molecule has 18 heavy (non-hydrogen) atoms. The van der Waals surface area contributed by atoms with Gasteiger partial charge < -0.3 is 10.6 Å². The van der Waals surface area contributed by atoms with E-state index in [1.165, 1.54) is 6.07 Å². The van der Waals surface area contributed by atoms with Gasteiger partial charge in [0.2, 0.25) is 10.0 Å².